The summed E-state index contributed by atoms with van der Waals surface area (Å²) >= 11 is 1.51. The standard InChI is InChI=1S/C30H33F2N7O3S3/c1-44(40)37-21-12-10-20(11-13-21)34-29-33-15-14-25(35-29)27-26(36-30(43-27)39-16-2-3-17-39)19-6-4-7-22(18-19)38-45(41,42)28-23(31)8-5-9-24(28)32/h4-9,14-15,18,20-21,37-38H,2-3,10-13,16-17H2,1H3,(H,33,34,35). The zero-order valence-corrected chi connectivity index (χ0v) is 27.0. The number of nitrogens with one attached hydrogen (secondary N) is 3. The second-order valence-corrected chi connectivity index (χ2v) is 14.9. The summed E-state index contributed by atoms with van der Waals surface area (Å²) in [6.45, 7) is 1.78. The molecule has 10 nitrogen and oxygen atoms in total. The summed E-state index contributed by atoms with van der Waals surface area (Å²) in [5.74, 6) is -1.85. The summed E-state index contributed by atoms with van der Waals surface area (Å²) in [6, 6.07) is 11.7. The maximum atomic E-state index is 14.3. The van der Waals surface area contributed by atoms with Crippen molar-refractivity contribution in [1.29, 1.82) is 0 Å². The predicted octanol–water partition coefficient (Wildman–Crippen LogP) is 5.55. The molecule has 1 saturated heterocycles. The topological polar surface area (TPSA) is 129 Å². The molecule has 4 aromatic rings. The Morgan fingerprint density at radius 1 is 0.956 bits per heavy atom. The fourth-order valence-electron chi connectivity index (χ4n) is 5.72. The Bertz CT molecular complexity index is 1790. The SMILES string of the molecule is CS(=O)NC1CCC(Nc2nccc(-c3sc(N4CCCC4)nc3-c3cccc(NS(=O)(=O)c4c(F)cccc4F)c3)n2)CC1. The van der Waals surface area contributed by atoms with E-state index in [-0.39, 0.29) is 17.8 Å². The molecule has 2 fully saturated rings. The van der Waals surface area contributed by atoms with E-state index in [2.05, 4.69) is 24.6 Å². The molecule has 238 valence electrons. The van der Waals surface area contributed by atoms with Crippen LogP contribution in [0.2, 0.25) is 0 Å². The summed E-state index contributed by atoms with van der Waals surface area (Å²) in [7, 11) is -5.59. The van der Waals surface area contributed by atoms with Gasteiger partial charge in [0.1, 0.15) is 11.6 Å². The first kappa shape index (κ1) is 31.5. The molecular formula is C30H33F2N7O3S3. The normalized spacial score (nSPS) is 19.4. The fourth-order valence-corrected chi connectivity index (χ4v) is 8.73. The lowest BCUT2D eigenvalue weighted by Gasteiger charge is -2.29. The monoisotopic (exact) mass is 673 g/mol. The quantitative estimate of drug-likeness (QED) is 0.200. The molecule has 15 heteroatoms. The van der Waals surface area contributed by atoms with Crippen LogP contribution in [0.1, 0.15) is 38.5 Å². The van der Waals surface area contributed by atoms with Crippen molar-refractivity contribution < 1.29 is 21.4 Å². The van der Waals surface area contributed by atoms with Gasteiger partial charge in [-0.2, -0.15) is 0 Å². The van der Waals surface area contributed by atoms with Crippen molar-refractivity contribution in [3.8, 4) is 21.8 Å². The van der Waals surface area contributed by atoms with Gasteiger partial charge in [0.25, 0.3) is 10.0 Å². The van der Waals surface area contributed by atoms with Gasteiger partial charge in [0.15, 0.2) is 10.0 Å². The summed E-state index contributed by atoms with van der Waals surface area (Å²) < 4.78 is 71.5. The summed E-state index contributed by atoms with van der Waals surface area (Å²) in [5.41, 5.74) is 2.04. The highest BCUT2D eigenvalue weighted by atomic mass is 32.2. The van der Waals surface area contributed by atoms with Crippen LogP contribution < -0.4 is 19.7 Å². The van der Waals surface area contributed by atoms with Gasteiger partial charge in [-0.05, 0) is 68.9 Å². The molecule has 0 amide bonds. The van der Waals surface area contributed by atoms with E-state index >= 15 is 0 Å². The van der Waals surface area contributed by atoms with Crippen LogP contribution in [0, 0.1) is 11.6 Å². The highest BCUT2D eigenvalue weighted by molar-refractivity contribution is 7.92. The van der Waals surface area contributed by atoms with E-state index in [0.717, 1.165) is 79.8 Å². The largest absolute Gasteiger partial charge is 0.351 e. The second-order valence-electron chi connectivity index (χ2n) is 11.1. The van der Waals surface area contributed by atoms with Crippen LogP contribution in [0.5, 0.6) is 0 Å². The molecule has 3 heterocycles. The minimum absolute atomic E-state index is 0.138. The molecule has 0 spiro atoms. The van der Waals surface area contributed by atoms with E-state index in [1.165, 1.54) is 17.4 Å². The van der Waals surface area contributed by atoms with Crippen LogP contribution in [0.4, 0.5) is 25.5 Å². The molecule has 2 aromatic heterocycles. The average Bonchev–Trinajstić information content (AvgIpc) is 3.69. The van der Waals surface area contributed by atoms with Crippen molar-refractivity contribution in [2.45, 2.75) is 55.5 Å². The highest BCUT2D eigenvalue weighted by Crippen LogP contribution is 2.41. The molecule has 2 aromatic carbocycles. The molecular weight excluding hydrogens is 641 g/mol. The number of sulfonamides is 1. The van der Waals surface area contributed by atoms with Crippen molar-refractivity contribution in [2.24, 2.45) is 0 Å². The molecule has 1 unspecified atom stereocenters. The minimum atomic E-state index is -4.55. The Balaban J connectivity index is 1.29. The van der Waals surface area contributed by atoms with Crippen LogP contribution in [0.3, 0.4) is 0 Å². The first-order valence-electron chi connectivity index (χ1n) is 14.7. The van der Waals surface area contributed by atoms with Gasteiger partial charge in [0.05, 0.1) is 27.3 Å². The van der Waals surface area contributed by atoms with Gasteiger partial charge in [0.2, 0.25) is 5.95 Å². The van der Waals surface area contributed by atoms with Gasteiger partial charge in [-0.1, -0.05) is 29.5 Å². The Morgan fingerprint density at radius 3 is 2.36 bits per heavy atom. The molecule has 6 rings (SSSR count). The lowest BCUT2D eigenvalue weighted by Crippen LogP contribution is -2.37. The van der Waals surface area contributed by atoms with E-state index in [0.29, 0.717) is 22.9 Å². The highest BCUT2D eigenvalue weighted by Gasteiger charge is 2.26. The van der Waals surface area contributed by atoms with Gasteiger partial charge >= 0.3 is 0 Å². The first-order chi connectivity index (χ1) is 21.7. The number of hydrogen-bond acceptors (Lipinski definition) is 9. The molecule has 45 heavy (non-hydrogen) atoms. The summed E-state index contributed by atoms with van der Waals surface area (Å²) in [5, 5.41) is 4.29. The minimum Gasteiger partial charge on any atom is -0.351 e. The van der Waals surface area contributed by atoms with Crippen LogP contribution >= 0.6 is 11.3 Å². The maximum absolute atomic E-state index is 14.3. The number of hydrogen-bond donors (Lipinski definition) is 3. The number of halogens is 2. The predicted molar refractivity (Wildman–Crippen MR) is 174 cm³/mol. The number of benzene rings is 2. The maximum Gasteiger partial charge on any atom is 0.267 e. The first-order valence-corrected chi connectivity index (χ1v) is 18.5. The summed E-state index contributed by atoms with van der Waals surface area (Å²) in [4.78, 5) is 16.3. The van der Waals surface area contributed by atoms with Crippen LogP contribution in [-0.2, 0) is 21.0 Å². The fraction of sp³-hybridized carbons (Fsp3) is 0.367. The third-order valence-electron chi connectivity index (χ3n) is 7.85. The van der Waals surface area contributed by atoms with Gasteiger partial charge in [-0.3, -0.25) is 4.72 Å². The van der Waals surface area contributed by atoms with Crippen molar-refractivity contribution >= 4 is 49.1 Å². The summed E-state index contributed by atoms with van der Waals surface area (Å²) in [6.07, 6.45) is 9.08. The zero-order chi connectivity index (χ0) is 31.6. The third-order valence-corrected chi connectivity index (χ3v) is 11.1. The van der Waals surface area contributed by atoms with Gasteiger partial charge < -0.3 is 10.2 Å². The zero-order valence-electron chi connectivity index (χ0n) is 24.5. The van der Waals surface area contributed by atoms with Crippen LogP contribution in [0.15, 0.2) is 59.6 Å². The average molecular weight is 674 g/mol. The van der Waals surface area contributed by atoms with E-state index < -0.39 is 37.5 Å². The van der Waals surface area contributed by atoms with Crippen molar-refractivity contribution in [1.82, 2.24) is 19.7 Å². The number of nitrogens with zero attached hydrogens (tertiary/aromatic N) is 4. The van der Waals surface area contributed by atoms with Crippen molar-refractivity contribution in [2.75, 3.05) is 34.3 Å². The lowest BCUT2D eigenvalue weighted by molar-refractivity contribution is 0.392. The number of rotatable bonds is 10. The van der Waals surface area contributed by atoms with Gasteiger partial charge in [-0.25, -0.2) is 41.1 Å². The van der Waals surface area contributed by atoms with Gasteiger partial charge in [0, 0.05) is 48.9 Å². The van der Waals surface area contributed by atoms with Crippen LogP contribution in [0.25, 0.3) is 21.8 Å². The lowest BCUT2D eigenvalue weighted by atomic mass is 9.92. The molecule has 2 aliphatic rings. The Kier molecular flexibility index (Phi) is 9.40. The smallest absolute Gasteiger partial charge is 0.267 e. The van der Waals surface area contributed by atoms with Crippen LogP contribution in [-0.4, -0.2) is 59.0 Å². The van der Waals surface area contributed by atoms with E-state index in [9.17, 15) is 21.4 Å². The molecule has 1 saturated carbocycles. The van der Waals surface area contributed by atoms with Gasteiger partial charge in [-0.15, -0.1) is 0 Å². The number of anilines is 3. The molecule has 1 atom stereocenters. The molecule has 1 aliphatic carbocycles. The third kappa shape index (κ3) is 7.32. The Labute approximate surface area is 267 Å². The Hall–Kier alpha value is -3.53. The molecule has 0 bridgehead atoms. The van der Waals surface area contributed by atoms with Crippen molar-refractivity contribution in [3.63, 3.8) is 0 Å². The van der Waals surface area contributed by atoms with E-state index in [1.807, 2.05) is 12.1 Å². The van der Waals surface area contributed by atoms with Crippen molar-refractivity contribution in [3.05, 3.63) is 66.4 Å². The number of aromatic nitrogens is 3. The number of thiazole rings is 1. The molecule has 0 radical (unpaired) electrons. The van der Waals surface area contributed by atoms with E-state index in [4.69, 9.17) is 9.97 Å². The second kappa shape index (κ2) is 13.4. The molecule has 1 aliphatic heterocycles. The molecule has 3 N–H and O–H groups in total. The Morgan fingerprint density at radius 2 is 1.64 bits per heavy atom. The van der Waals surface area contributed by atoms with E-state index in [1.54, 1.807) is 24.6 Å².